The number of carbonyl (C=O) groups excluding carboxylic acids is 1. The summed E-state index contributed by atoms with van der Waals surface area (Å²) >= 11 is 0. The van der Waals surface area contributed by atoms with Gasteiger partial charge in [0.15, 0.2) is 0 Å². The third-order valence-corrected chi connectivity index (χ3v) is 6.81. The highest BCUT2D eigenvalue weighted by molar-refractivity contribution is 5.93. The average molecular weight is 452 g/mol. The maximum atomic E-state index is 14.0. The normalized spacial score (nSPS) is 15.8. The van der Waals surface area contributed by atoms with Crippen LogP contribution in [0.5, 0.6) is 0 Å². The van der Waals surface area contributed by atoms with Crippen LogP contribution in [0.2, 0.25) is 0 Å². The quantitative estimate of drug-likeness (QED) is 0.387. The number of halogens is 1. The smallest absolute Gasteiger partial charge is 0.274 e. The Hall–Kier alpha value is -2.70. The van der Waals surface area contributed by atoms with Crippen LogP contribution in [0.4, 0.5) is 4.39 Å². The molecule has 0 saturated carbocycles. The minimum absolute atomic E-state index is 0.433. The zero-order valence-electron chi connectivity index (χ0n) is 19.8. The van der Waals surface area contributed by atoms with Gasteiger partial charge in [0.05, 0.1) is 0 Å². The Balaban J connectivity index is 1.52. The lowest BCUT2D eigenvalue weighted by Crippen LogP contribution is -2.41. The molecule has 1 amide bonds. The number of para-hydroxylation sites is 1. The Bertz CT molecular complexity index is 1110. The first-order valence-electron chi connectivity index (χ1n) is 11.8. The highest BCUT2D eigenvalue weighted by Crippen LogP contribution is 2.31. The van der Waals surface area contributed by atoms with Gasteiger partial charge in [-0.3, -0.25) is 10.0 Å². The number of amides is 1. The average Bonchev–Trinajstić information content (AvgIpc) is 3.05. The third kappa shape index (κ3) is 5.45. The van der Waals surface area contributed by atoms with Crippen LogP contribution in [0.15, 0.2) is 48.5 Å². The van der Waals surface area contributed by atoms with Crippen molar-refractivity contribution >= 4 is 16.8 Å². The fourth-order valence-electron chi connectivity index (χ4n) is 5.12. The lowest BCUT2D eigenvalue weighted by Gasteiger charge is -2.34. The Kier molecular flexibility index (Phi) is 6.86. The molecule has 0 bridgehead atoms. The molecule has 33 heavy (non-hydrogen) atoms. The van der Waals surface area contributed by atoms with Crippen LogP contribution in [0.3, 0.4) is 0 Å². The van der Waals surface area contributed by atoms with Gasteiger partial charge in [-0.1, -0.05) is 30.3 Å². The minimum Gasteiger partial charge on any atom is -0.344 e. The van der Waals surface area contributed by atoms with Crippen molar-refractivity contribution in [3.63, 3.8) is 0 Å². The first kappa shape index (κ1) is 23.5. The first-order valence-corrected chi connectivity index (χ1v) is 11.8. The molecule has 1 aliphatic heterocycles. The van der Waals surface area contributed by atoms with E-state index in [9.17, 15) is 9.18 Å². The van der Waals surface area contributed by atoms with E-state index in [4.69, 9.17) is 5.21 Å². The van der Waals surface area contributed by atoms with Gasteiger partial charge < -0.3 is 9.47 Å². The fourth-order valence-corrected chi connectivity index (χ4v) is 5.12. The Morgan fingerprint density at radius 2 is 1.79 bits per heavy atom. The zero-order chi connectivity index (χ0) is 23.6. The largest absolute Gasteiger partial charge is 0.344 e. The van der Waals surface area contributed by atoms with Crippen LogP contribution >= 0.6 is 0 Å². The van der Waals surface area contributed by atoms with E-state index in [0.29, 0.717) is 18.0 Å². The molecule has 2 heterocycles. The number of carbonyl (C=O) groups is 1. The number of rotatable bonds is 7. The summed E-state index contributed by atoms with van der Waals surface area (Å²) in [6.45, 7) is 8.91. The molecule has 4 rings (SSSR count). The number of benzene rings is 2. The second-order valence-electron chi connectivity index (χ2n) is 9.94. The summed E-state index contributed by atoms with van der Waals surface area (Å²) in [5.74, 6) is 0.0815. The standard InChI is InChI=1S/C27H34FN3O2/c1-19-24(16-20-8-10-22(11-9-20)26(32)29-33)23-6-4-5-7-25(23)31(19)17-21-12-14-30(15-13-21)18-27(2,3)28/h4-11,21,33H,12-18H2,1-3H3,(H,29,32). The van der Waals surface area contributed by atoms with Gasteiger partial charge >= 0.3 is 0 Å². The molecular weight excluding hydrogens is 417 g/mol. The number of hydrogen-bond acceptors (Lipinski definition) is 3. The van der Waals surface area contributed by atoms with E-state index in [1.807, 2.05) is 12.1 Å². The van der Waals surface area contributed by atoms with Crippen molar-refractivity contribution < 1.29 is 14.4 Å². The Morgan fingerprint density at radius 3 is 2.42 bits per heavy atom. The van der Waals surface area contributed by atoms with Crippen LogP contribution in [0.1, 0.15) is 53.9 Å². The molecule has 0 atom stereocenters. The van der Waals surface area contributed by atoms with Crippen LogP contribution in [0.25, 0.3) is 10.9 Å². The van der Waals surface area contributed by atoms with E-state index in [1.54, 1.807) is 31.5 Å². The van der Waals surface area contributed by atoms with Gasteiger partial charge in [0, 0.05) is 35.2 Å². The maximum Gasteiger partial charge on any atom is 0.274 e. The molecule has 5 nitrogen and oxygen atoms in total. The van der Waals surface area contributed by atoms with Gasteiger partial charge in [-0.2, -0.15) is 0 Å². The molecular formula is C27H34FN3O2. The van der Waals surface area contributed by atoms with Crippen molar-refractivity contribution in [1.29, 1.82) is 0 Å². The number of hydrogen-bond donors (Lipinski definition) is 2. The molecule has 2 N–H and O–H groups in total. The molecule has 0 unspecified atom stereocenters. The number of hydroxylamine groups is 1. The second kappa shape index (κ2) is 9.65. The Labute approximate surface area is 195 Å². The van der Waals surface area contributed by atoms with Gasteiger partial charge in [0.25, 0.3) is 5.91 Å². The number of likely N-dealkylation sites (tertiary alicyclic amines) is 1. The van der Waals surface area contributed by atoms with Crippen LogP contribution < -0.4 is 5.48 Å². The summed E-state index contributed by atoms with van der Waals surface area (Å²) in [7, 11) is 0. The summed E-state index contributed by atoms with van der Waals surface area (Å²) < 4.78 is 16.5. The molecule has 0 radical (unpaired) electrons. The number of piperidine rings is 1. The summed E-state index contributed by atoms with van der Waals surface area (Å²) in [5, 5.41) is 10.1. The van der Waals surface area contributed by atoms with E-state index < -0.39 is 11.6 Å². The van der Waals surface area contributed by atoms with Gasteiger partial charge in [0.1, 0.15) is 5.67 Å². The molecule has 1 aromatic heterocycles. The molecule has 2 aromatic carbocycles. The number of nitrogens with zero attached hydrogens (tertiary/aromatic N) is 2. The summed E-state index contributed by atoms with van der Waals surface area (Å²) in [6, 6.07) is 15.9. The number of nitrogens with one attached hydrogen (secondary N) is 1. The van der Waals surface area contributed by atoms with E-state index in [1.165, 1.54) is 22.2 Å². The first-order chi connectivity index (χ1) is 15.7. The molecule has 3 aromatic rings. The van der Waals surface area contributed by atoms with Crippen molar-refractivity contribution in [1.82, 2.24) is 14.9 Å². The number of alkyl halides is 1. The molecule has 0 aliphatic carbocycles. The molecule has 1 aliphatic rings. The van der Waals surface area contributed by atoms with Gasteiger partial charge in [-0.15, -0.1) is 0 Å². The molecule has 0 spiro atoms. The van der Waals surface area contributed by atoms with Crippen molar-refractivity contribution in [3.05, 3.63) is 70.9 Å². The molecule has 1 saturated heterocycles. The summed E-state index contributed by atoms with van der Waals surface area (Å²) in [6.07, 6.45) is 2.96. The second-order valence-corrected chi connectivity index (χ2v) is 9.94. The van der Waals surface area contributed by atoms with Gasteiger partial charge in [0.2, 0.25) is 0 Å². The Morgan fingerprint density at radius 1 is 1.12 bits per heavy atom. The number of aromatic nitrogens is 1. The highest BCUT2D eigenvalue weighted by Gasteiger charge is 2.26. The van der Waals surface area contributed by atoms with E-state index in [-0.39, 0.29) is 0 Å². The van der Waals surface area contributed by atoms with Crippen molar-refractivity contribution in [2.75, 3.05) is 19.6 Å². The summed E-state index contributed by atoms with van der Waals surface area (Å²) in [4.78, 5) is 13.9. The molecule has 6 heteroatoms. The maximum absolute atomic E-state index is 14.0. The predicted molar refractivity (Wildman–Crippen MR) is 130 cm³/mol. The van der Waals surface area contributed by atoms with Crippen molar-refractivity contribution in [2.45, 2.75) is 52.2 Å². The minimum atomic E-state index is -1.14. The SMILES string of the molecule is Cc1c(Cc2ccc(C(=O)NO)cc2)c2ccccc2n1CC1CCN(CC(C)(C)F)CC1. The third-order valence-electron chi connectivity index (χ3n) is 6.81. The van der Waals surface area contributed by atoms with E-state index >= 15 is 0 Å². The van der Waals surface area contributed by atoms with Crippen molar-refractivity contribution in [2.24, 2.45) is 5.92 Å². The predicted octanol–water partition coefficient (Wildman–Crippen LogP) is 5.12. The van der Waals surface area contributed by atoms with Gasteiger partial charge in [-0.05, 0) is 88.4 Å². The monoisotopic (exact) mass is 451 g/mol. The molecule has 1 fully saturated rings. The van der Waals surface area contributed by atoms with Crippen LogP contribution in [-0.2, 0) is 13.0 Å². The van der Waals surface area contributed by atoms with E-state index in [0.717, 1.165) is 44.5 Å². The highest BCUT2D eigenvalue weighted by atomic mass is 19.1. The van der Waals surface area contributed by atoms with Crippen molar-refractivity contribution in [3.8, 4) is 0 Å². The van der Waals surface area contributed by atoms with E-state index in [2.05, 4.69) is 40.7 Å². The number of fused-ring (bicyclic) bond motifs is 1. The summed E-state index contributed by atoms with van der Waals surface area (Å²) in [5.41, 5.74) is 5.93. The lowest BCUT2D eigenvalue weighted by atomic mass is 9.95. The fraction of sp³-hybridized carbons (Fsp3) is 0.444. The topological polar surface area (TPSA) is 57.5 Å². The lowest BCUT2D eigenvalue weighted by molar-refractivity contribution is 0.0706. The van der Waals surface area contributed by atoms with Crippen LogP contribution in [-0.4, -0.2) is 45.9 Å². The van der Waals surface area contributed by atoms with Gasteiger partial charge in [-0.25, -0.2) is 9.87 Å². The molecule has 176 valence electrons. The van der Waals surface area contributed by atoms with Crippen LogP contribution in [0, 0.1) is 12.8 Å². The zero-order valence-corrected chi connectivity index (χ0v) is 19.8.